The summed E-state index contributed by atoms with van der Waals surface area (Å²) in [6, 6.07) is 16.1. The highest BCUT2D eigenvalue weighted by molar-refractivity contribution is 9.10. The van der Waals surface area contributed by atoms with Crippen molar-refractivity contribution in [3.8, 4) is 5.69 Å². The third kappa shape index (κ3) is 2.73. The molecule has 0 bridgehead atoms. The molecule has 0 saturated carbocycles. The van der Waals surface area contributed by atoms with Crippen LogP contribution in [0.1, 0.15) is 18.8 Å². The Balaban J connectivity index is 1.66. The molecule has 2 aromatic carbocycles. The van der Waals surface area contributed by atoms with Gasteiger partial charge in [-0.15, -0.1) is 0 Å². The van der Waals surface area contributed by atoms with Crippen LogP contribution in [0.4, 0.5) is 5.82 Å². The quantitative estimate of drug-likeness (QED) is 0.431. The van der Waals surface area contributed by atoms with Crippen LogP contribution in [-0.4, -0.2) is 29.5 Å². The van der Waals surface area contributed by atoms with Crippen molar-refractivity contribution in [2.45, 2.75) is 13.0 Å². The first kappa shape index (κ1) is 16.9. The predicted octanol–water partition coefficient (Wildman–Crippen LogP) is 4.63. The Morgan fingerprint density at radius 1 is 1.04 bits per heavy atom. The summed E-state index contributed by atoms with van der Waals surface area (Å²) in [6.07, 6.45) is 3.14. The molecule has 0 unspecified atom stereocenters. The molecule has 1 atom stereocenters. The van der Waals surface area contributed by atoms with Gasteiger partial charge in [0, 0.05) is 10.2 Å². The lowest BCUT2D eigenvalue weighted by Gasteiger charge is -2.17. The molecule has 0 saturated heterocycles. The lowest BCUT2D eigenvalue weighted by atomic mass is 10.2. The van der Waals surface area contributed by atoms with E-state index in [9.17, 15) is 0 Å². The fourth-order valence-corrected chi connectivity index (χ4v) is 3.91. The lowest BCUT2D eigenvalue weighted by Crippen LogP contribution is -2.14. The Morgan fingerprint density at radius 2 is 1.89 bits per heavy atom. The summed E-state index contributed by atoms with van der Waals surface area (Å²) in [4.78, 5) is 20.8. The van der Waals surface area contributed by atoms with Gasteiger partial charge in [-0.05, 0) is 47.1 Å². The second-order valence-electron chi connectivity index (χ2n) is 6.44. The predicted molar refractivity (Wildman–Crippen MR) is 112 cm³/mol. The van der Waals surface area contributed by atoms with E-state index < -0.39 is 0 Å². The molecule has 3 heterocycles. The summed E-state index contributed by atoms with van der Waals surface area (Å²) >= 11 is 3.69. The number of fused-ring (bicyclic) bond motifs is 2. The fraction of sp³-hybridized carbons (Fsp3) is 0.100. The van der Waals surface area contributed by atoms with E-state index >= 15 is 0 Å². The number of H-pyrrole nitrogens is 1. The SMILES string of the molecule is C[C@H](Nc1ncnc2[nH]cnc12)c1nc2cccc(Br)c2n1-c1ccccc1. The minimum Gasteiger partial charge on any atom is -0.358 e. The number of rotatable bonds is 4. The van der Waals surface area contributed by atoms with Crippen LogP contribution < -0.4 is 5.32 Å². The van der Waals surface area contributed by atoms with E-state index in [4.69, 9.17) is 4.98 Å². The second kappa shape index (κ2) is 6.72. The highest BCUT2D eigenvalue weighted by Crippen LogP contribution is 2.32. The van der Waals surface area contributed by atoms with E-state index in [0.717, 1.165) is 27.0 Å². The van der Waals surface area contributed by atoms with Gasteiger partial charge in [0.1, 0.15) is 17.7 Å². The molecule has 8 heteroatoms. The van der Waals surface area contributed by atoms with Crippen LogP contribution in [0.15, 0.2) is 65.7 Å². The zero-order chi connectivity index (χ0) is 19.1. The van der Waals surface area contributed by atoms with Gasteiger partial charge in [-0.25, -0.2) is 19.9 Å². The molecule has 3 aromatic heterocycles. The van der Waals surface area contributed by atoms with Crippen molar-refractivity contribution < 1.29 is 0 Å². The number of aromatic amines is 1. The third-order valence-electron chi connectivity index (χ3n) is 4.63. The van der Waals surface area contributed by atoms with Crippen molar-refractivity contribution in [3.05, 3.63) is 71.5 Å². The zero-order valence-corrected chi connectivity index (χ0v) is 16.6. The molecule has 5 aromatic rings. The highest BCUT2D eigenvalue weighted by atomic mass is 79.9. The Kier molecular flexibility index (Phi) is 4.05. The maximum absolute atomic E-state index is 4.91. The monoisotopic (exact) mass is 433 g/mol. The van der Waals surface area contributed by atoms with Gasteiger partial charge in [-0.3, -0.25) is 4.57 Å². The van der Waals surface area contributed by atoms with Gasteiger partial charge in [0.2, 0.25) is 0 Å². The van der Waals surface area contributed by atoms with E-state index in [2.05, 4.69) is 64.8 Å². The number of hydrogen-bond donors (Lipinski definition) is 2. The van der Waals surface area contributed by atoms with Gasteiger partial charge in [0.15, 0.2) is 11.5 Å². The summed E-state index contributed by atoms with van der Waals surface area (Å²) in [7, 11) is 0. The number of hydrogen-bond acceptors (Lipinski definition) is 5. The normalized spacial score (nSPS) is 12.5. The van der Waals surface area contributed by atoms with Crippen molar-refractivity contribution in [1.29, 1.82) is 0 Å². The van der Waals surface area contributed by atoms with Gasteiger partial charge in [-0.1, -0.05) is 24.3 Å². The van der Waals surface area contributed by atoms with Gasteiger partial charge in [0.05, 0.1) is 23.4 Å². The van der Waals surface area contributed by atoms with E-state index in [1.54, 1.807) is 6.33 Å². The minimum atomic E-state index is -0.116. The summed E-state index contributed by atoms with van der Waals surface area (Å²) in [5.74, 6) is 1.56. The highest BCUT2D eigenvalue weighted by Gasteiger charge is 2.20. The zero-order valence-electron chi connectivity index (χ0n) is 15.0. The standard InChI is InChI=1S/C20H16BrN7/c1-12(26-19-16-18(23-10-22-16)24-11-25-19)20-27-15-9-5-8-14(21)17(15)28(20)13-6-3-2-4-7-13/h2-12H,1H3,(H2,22,23,24,25,26)/t12-/m0/s1. The van der Waals surface area contributed by atoms with Crippen molar-refractivity contribution in [2.24, 2.45) is 0 Å². The van der Waals surface area contributed by atoms with Crippen molar-refractivity contribution in [2.75, 3.05) is 5.32 Å². The first-order valence-corrected chi connectivity index (χ1v) is 9.64. The maximum Gasteiger partial charge on any atom is 0.162 e. The van der Waals surface area contributed by atoms with Crippen LogP contribution in [0.2, 0.25) is 0 Å². The molecule has 5 rings (SSSR count). The molecule has 0 spiro atoms. The van der Waals surface area contributed by atoms with Crippen LogP contribution in [0, 0.1) is 0 Å². The minimum absolute atomic E-state index is 0.116. The molecule has 0 aliphatic heterocycles. The van der Waals surface area contributed by atoms with Crippen LogP contribution in [0.25, 0.3) is 27.9 Å². The summed E-state index contributed by atoms with van der Waals surface area (Å²) in [6.45, 7) is 2.06. The van der Waals surface area contributed by atoms with Crippen LogP contribution in [0.3, 0.4) is 0 Å². The fourth-order valence-electron chi connectivity index (χ4n) is 3.37. The number of aromatic nitrogens is 6. The third-order valence-corrected chi connectivity index (χ3v) is 5.27. The van der Waals surface area contributed by atoms with E-state index in [0.29, 0.717) is 17.0 Å². The molecule has 0 fully saturated rings. The topological polar surface area (TPSA) is 84.3 Å². The Labute approximate surface area is 169 Å². The molecule has 0 amide bonds. The Morgan fingerprint density at radius 3 is 2.75 bits per heavy atom. The number of imidazole rings is 2. The van der Waals surface area contributed by atoms with E-state index in [1.165, 1.54) is 6.33 Å². The lowest BCUT2D eigenvalue weighted by molar-refractivity contribution is 0.769. The molecule has 0 radical (unpaired) electrons. The van der Waals surface area contributed by atoms with E-state index in [1.807, 2.05) is 36.4 Å². The maximum atomic E-state index is 4.91. The Hall–Kier alpha value is -3.26. The smallest absolute Gasteiger partial charge is 0.162 e. The van der Waals surface area contributed by atoms with Crippen LogP contribution >= 0.6 is 15.9 Å². The second-order valence-corrected chi connectivity index (χ2v) is 7.29. The number of para-hydroxylation sites is 2. The molecular weight excluding hydrogens is 418 g/mol. The van der Waals surface area contributed by atoms with Gasteiger partial charge < -0.3 is 10.3 Å². The van der Waals surface area contributed by atoms with Crippen molar-refractivity contribution >= 4 is 43.9 Å². The summed E-state index contributed by atoms with van der Waals surface area (Å²) in [5.41, 5.74) is 4.41. The molecular formula is C20H16BrN7. The van der Waals surface area contributed by atoms with Gasteiger partial charge in [-0.2, -0.15) is 0 Å². The molecule has 7 nitrogen and oxygen atoms in total. The Bertz CT molecular complexity index is 1280. The van der Waals surface area contributed by atoms with Gasteiger partial charge >= 0.3 is 0 Å². The number of benzene rings is 2. The summed E-state index contributed by atoms with van der Waals surface area (Å²) in [5, 5.41) is 3.45. The van der Waals surface area contributed by atoms with Crippen LogP contribution in [0.5, 0.6) is 0 Å². The van der Waals surface area contributed by atoms with Crippen LogP contribution in [-0.2, 0) is 0 Å². The summed E-state index contributed by atoms with van der Waals surface area (Å²) < 4.78 is 3.16. The number of halogens is 1. The molecule has 0 aliphatic rings. The largest absolute Gasteiger partial charge is 0.358 e. The number of nitrogens with one attached hydrogen (secondary N) is 2. The van der Waals surface area contributed by atoms with Crippen molar-refractivity contribution in [3.63, 3.8) is 0 Å². The van der Waals surface area contributed by atoms with E-state index in [-0.39, 0.29) is 6.04 Å². The van der Waals surface area contributed by atoms with Gasteiger partial charge in [0.25, 0.3) is 0 Å². The molecule has 0 aliphatic carbocycles. The number of nitrogens with zero attached hydrogens (tertiary/aromatic N) is 5. The van der Waals surface area contributed by atoms with Crippen molar-refractivity contribution in [1.82, 2.24) is 29.5 Å². The molecule has 138 valence electrons. The average molecular weight is 434 g/mol. The average Bonchev–Trinajstić information content (AvgIpc) is 3.34. The molecule has 28 heavy (non-hydrogen) atoms. The molecule has 2 N–H and O–H groups in total. The first-order chi connectivity index (χ1) is 13.7. The first-order valence-electron chi connectivity index (χ1n) is 8.85. The number of anilines is 1.